The average Bonchev–Trinajstić information content (AvgIpc) is 2.62. The molecule has 1 atom stereocenters. The molecule has 0 bridgehead atoms. The van der Waals surface area contributed by atoms with Crippen molar-refractivity contribution in [3.63, 3.8) is 0 Å². The molecular weight excluding hydrogens is 272 g/mol. The first-order valence-electron chi connectivity index (χ1n) is 7.15. The second-order valence-corrected chi connectivity index (χ2v) is 4.97. The second kappa shape index (κ2) is 6.68. The number of benzene rings is 2. The zero-order chi connectivity index (χ0) is 15.2. The van der Waals surface area contributed by atoms with Gasteiger partial charge in [-0.3, -0.25) is 9.78 Å². The average molecular weight is 288 g/mol. The van der Waals surface area contributed by atoms with Crippen LogP contribution in [0.25, 0.3) is 0 Å². The van der Waals surface area contributed by atoms with Crippen LogP contribution >= 0.6 is 0 Å². The molecule has 0 fully saturated rings. The fourth-order valence-corrected chi connectivity index (χ4v) is 2.36. The molecule has 3 heteroatoms. The van der Waals surface area contributed by atoms with Gasteiger partial charge < -0.3 is 5.32 Å². The number of nitrogens with one attached hydrogen (secondary N) is 1. The number of nitrogens with zero attached hydrogens (tertiary/aromatic N) is 1. The van der Waals surface area contributed by atoms with Gasteiger partial charge in [0.25, 0.3) is 5.91 Å². The summed E-state index contributed by atoms with van der Waals surface area (Å²) in [5.41, 5.74) is 2.63. The molecule has 0 saturated heterocycles. The van der Waals surface area contributed by atoms with Crippen LogP contribution in [0, 0.1) is 0 Å². The maximum absolute atomic E-state index is 12.5. The highest BCUT2D eigenvalue weighted by atomic mass is 16.1. The first-order chi connectivity index (χ1) is 10.8. The summed E-state index contributed by atoms with van der Waals surface area (Å²) >= 11 is 0. The van der Waals surface area contributed by atoms with Gasteiger partial charge in [0, 0.05) is 18.0 Å². The summed E-state index contributed by atoms with van der Waals surface area (Å²) in [5.74, 6) is -0.0988. The van der Waals surface area contributed by atoms with Crippen molar-refractivity contribution in [1.82, 2.24) is 10.3 Å². The van der Waals surface area contributed by atoms with Crippen molar-refractivity contribution >= 4 is 5.91 Å². The Balaban J connectivity index is 1.91. The van der Waals surface area contributed by atoms with E-state index in [1.807, 2.05) is 60.7 Å². The van der Waals surface area contributed by atoms with E-state index in [-0.39, 0.29) is 11.9 Å². The Morgan fingerprint density at radius 1 is 0.818 bits per heavy atom. The zero-order valence-electron chi connectivity index (χ0n) is 12.0. The maximum Gasteiger partial charge on any atom is 0.252 e. The molecule has 2 aromatic carbocycles. The smallest absolute Gasteiger partial charge is 0.252 e. The van der Waals surface area contributed by atoms with Crippen LogP contribution in [-0.4, -0.2) is 10.9 Å². The number of amides is 1. The van der Waals surface area contributed by atoms with Crippen molar-refractivity contribution in [1.29, 1.82) is 0 Å². The normalized spacial score (nSPS) is 11.6. The summed E-state index contributed by atoms with van der Waals surface area (Å²) in [7, 11) is 0. The van der Waals surface area contributed by atoms with Crippen LogP contribution in [0.4, 0.5) is 0 Å². The monoisotopic (exact) mass is 288 g/mol. The van der Waals surface area contributed by atoms with Crippen LogP contribution in [0.5, 0.6) is 0 Å². The lowest BCUT2D eigenvalue weighted by molar-refractivity contribution is 0.0943. The predicted molar refractivity (Wildman–Crippen MR) is 86.4 cm³/mol. The summed E-state index contributed by atoms with van der Waals surface area (Å²) in [6, 6.07) is 22.7. The van der Waals surface area contributed by atoms with Crippen LogP contribution in [-0.2, 0) is 0 Å². The van der Waals surface area contributed by atoms with Gasteiger partial charge in [0.2, 0.25) is 0 Å². The van der Waals surface area contributed by atoms with Gasteiger partial charge in [-0.25, -0.2) is 0 Å². The van der Waals surface area contributed by atoms with Gasteiger partial charge >= 0.3 is 0 Å². The van der Waals surface area contributed by atoms with Gasteiger partial charge in [-0.2, -0.15) is 0 Å². The molecule has 1 N–H and O–H groups in total. The molecule has 22 heavy (non-hydrogen) atoms. The molecular formula is C19H16N2O. The number of carbonyl (C=O) groups is 1. The lowest BCUT2D eigenvalue weighted by Gasteiger charge is -2.19. The quantitative estimate of drug-likeness (QED) is 0.797. The number of hydrogen-bond donors (Lipinski definition) is 1. The molecule has 1 heterocycles. The molecule has 3 nitrogen and oxygen atoms in total. The third kappa shape index (κ3) is 3.20. The van der Waals surface area contributed by atoms with E-state index in [9.17, 15) is 4.79 Å². The Morgan fingerprint density at radius 3 is 2.09 bits per heavy atom. The Kier molecular flexibility index (Phi) is 4.25. The number of hydrogen-bond acceptors (Lipinski definition) is 2. The molecule has 0 unspecified atom stereocenters. The third-order valence-electron chi connectivity index (χ3n) is 3.46. The van der Waals surface area contributed by atoms with Gasteiger partial charge in [0.15, 0.2) is 0 Å². The molecule has 0 radical (unpaired) electrons. The molecule has 1 aromatic heterocycles. The van der Waals surface area contributed by atoms with Crippen LogP contribution in [0.1, 0.15) is 27.5 Å². The van der Waals surface area contributed by atoms with Crippen LogP contribution in [0.3, 0.4) is 0 Å². The minimum absolute atomic E-state index is 0.0988. The summed E-state index contributed by atoms with van der Waals surface area (Å²) < 4.78 is 0. The highest BCUT2D eigenvalue weighted by Gasteiger charge is 2.17. The Labute approximate surface area is 129 Å². The number of rotatable bonds is 4. The topological polar surface area (TPSA) is 42.0 Å². The molecule has 0 aliphatic carbocycles. The van der Waals surface area contributed by atoms with Gasteiger partial charge in [0.05, 0.1) is 6.04 Å². The second-order valence-electron chi connectivity index (χ2n) is 4.97. The summed E-state index contributed by atoms with van der Waals surface area (Å²) in [6.07, 6.45) is 3.51. The van der Waals surface area contributed by atoms with Gasteiger partial charge in [-0.05, 0) is 29.3 Å². The van der Waals surface area contributed by atoms with Crippen molar-refractivity contribution in [3.05, 3.63) is 102 Å². The minimum atomic E-state index is -0.220. The summed E-state index contributed by atoms with van der Waals surface area (Å²) in [6.45, 7) is 0. The summed E-state index contributed by atoms with van der Waals surface area (Å²) in [5, 5.41) is 3.09. The highest BCUT2D eigenvalue weighted by Crippen LogP contribution is 2.21. The Hall–Kier alpha value is -2.94. The van der Waals surface area contributed by atoms with Crippen molar-refractivity contribution in [2.45, 2.75) is 6.04 Å². The fraction of sp³-hybridized carbons (Fsp3) is 0.0526. The highest BCUT2D eigenvalue weighted by molar-refractivity contribution is 5.94. The molecule has 3 rings (SSSR count). The van der Waals surface area contributed by atoms with Crippen molar-refractivity contribution in [2.75, 3.05) is 0 Å². The Morgan fingerprint density at radius 2 is 1.45 bits per heavy atom. The SMILES string of the molecule is O=C(N[C@H](c1ccccc1)c1cccnc1)c1ccccc1. The van der Waals surface area contributed by atoms with E-state index in [0.29, 0.717) is 5.56 Å². The van der Waals surface area contributed by atoms with E-state index in [4.69, 9.17) is 0 Å². The fourth-order valence-electron chi connectivity index (χ4n) is 2.36. The van der Waals surface area contributed by atoms with Crippen molar-refractivity contribution in [3.8, 4) is 0 Å². The van der Waals surface area contributed by atoms with E-state index < -0.39 is 0 Å². The number of pyridine rings is 1. The van der Waals surface area contributed by atoms with Gasteiger partial charge in [-0.1, -0.05) is 54.6 Å². The van der Waals surface area contributed by atoms with Crippen LogP contribution < -0.4 is 5.32 Å². The van der Waals surface area contributed by atoms with Gasteiger partial charge in [0.1, 0.15) is 0 Å². The largest absolute Gasteiger partial charge is 0.341 e. The molecule has 0 spiro atoms. The third-order valence-corrected chi connectivity index (χ3v) is 3.46. The molecule has 1 amide bonds. The maximum atomic E-state index is 12.5. The number of carbonyl (C=O) groups excluding carboxylic acids is 1. The molecule has 0 aliphatic rings. The van der Waals surface area contributed by atoms with E-state index in [1.165, 1.54) is 0 Å². The van der Waals surface area contributed by atoms with E-state index in [0.717, 1.165) is 11.1 Å². The first kappa shape index (κ1) is 14.0. The lowest BCUT2D eigenvalue weighted by atomic mass is 10.00. The predicted octanol–water partition coefficient (Wildman–Crippen LogP) is 3.60. The van der Waals surface area contributed by atoms with Gasteiger partial charge in [-0.15, -0.1) is 0 Å². The van der Waals surface area contributed by atoms with Crippen molar-refractivity contribution < 1.29 is 4.79 Å². The lowest BCUT2D eigenvalue weighted by Crippen LogP contribution is -2.29. The van der Waals surface area contributed by atoms with E-state index >= 15 is 0 Å². The van der Waals surface area contributed by atoms with E-state index in [2.05, 4.69) is 10.3 Å². The Bertz CT molecular complexity index is 688. The first-order valence-corrected chi connectivity index (χ1v) is 7.15. The van der Waals surface area contributed by atoms with Crippen molar-refractivity contribution in [2.24, 2.45) is 0 Å². The van der Waals surface area contributed by atoms with Crippen LogP contribution in [0.15, 0.2) is 85.2 Å². The number of aromatic nitrogens is 1. The zero-order valence-corrected chi connectivity index (χ0v) is 12.0. The minimum Gasteiger partial charge on any atom is -0.341 e. The molecule has 0 aliphatic heterocycles. The van der Waals surface area contributed by atoms with E-state index in [1.54, 1.807) is 24.5 Å². The summed E-state index contributed by atoms with van der Waals surface area (Å²) in [4.78, 5) is 16.6. The molecule has 0 saturated carbocycles. The molecule has 108 valence electrons. The van der Waals surface area contributed by atoms with Crippen LogP contribution in [0.2, 0.25) is 0 Å². The molecule has 3 aromatic rings. The standard InChI is InChI=1S/C19H16N2O/c22-19(16-10-5-2-6-11-16)21-18(15-8-3-1-4-9-15)17-12-7-13-20-14-17/h1-14,18H,(H,21,22)/t18-/m1/s1.